The number of piperidine rings is 2. The van der Waals surface area contributed by atoms with E-state index in [1.807, 2.05) is 14.1 Å². The Morgan fingerprint density at radius 3 is 1.77 bits per heavy atom. The Morgan fingerprint density at radius 1 is 1.00 bits per heavy atom. The average Bonchev–Trinajstić information content (AvgIpc) is 2.49. The topological polar surface area (TPSA) is 110 Å². The highest BCUT2D eigenvalue weighted by molar-refractivity contribution is 5.79. The van der Waals surface area contributed by atoms with E-state index in [9.17, 15) is 9.59 Å². The number of hydrogen-bond donors (Lipinski definition) is 1. The SMILES string of the molecule is CN1CCC(C(=O)N=[N+]=[N-])CC1.CN1CCC(C(=O)O)CC1. The zero-order valence-electron chi connectivity index (χ0n) is 13.3. The van der Waals surface area contributed by atoms with Crippen LogP contribution in [0.2, 0.25) is 0 Å². The van der Waals surface area contributed by atoms with Gasteiger partial charge in [-0.2, -0.15) is 0 Å². The first-order chi connectivity index (χ1) is 10.4. The highest BCUT2D eigenvalue weighted by Crippen LogP contribution is 2.17. The van der Waals surface area contributed by atoms with Crippen LogP contribution in [0.25, 0.3) is 10.4 Å². The van der Waals surface area contributed by atoms with E-state index in [0.29, 0.717) is 0 Å². The number of nitrogens with zero attached hydrogens (tertiary/aromatic N) is 5. The quantitative estimate of drug-likeness (QED) is 0.473. The predicted molar refractivity (Wildman–Crippen MR) is 82.2 cm³/mol. The third-order valence-electron chi connectivity index (χ3n) is 4.28. The number of likely N-dealkylation sites (tertiary alicyclic amines) is 2. The summed E-state index contributed by atoms with van der Waals surface area (Å²) >= 11 is 0. The molecule has 0 saturated carbocycles. The molecule has 8 nitrogen and oxygen atoms in total. The standard InChI is InChI=1S/C7H12N4O.C7H13NO2/c1-11-4-2-6(3-5-11)7(12)9-10-8;1-8-4-2-6(3-5-8)7(9)10/h6H,2-5H2,1H3;6H,2-5H2,1H3,(H,9,10). The van der Waals surface area contributed by atoms with Gasteiger partial charge in [-0.15, -0.1) is 0 Å². The lowest BCUT2D eigenvalue weighted by atomic mass is 9.97. The Hall–Kier alpha value is -1.63. The average molecular weight is 311 g/mol. The van der Waals surface area contributed by atoms with Gasteiger partial charge in [-0.25, -0.2) is 0 Å². The van der Waals surface area contributed by atoms with Gasteiger partial charge in [-0.05, 0) is 76.6 Å². The van der Waals surface area contributed by atoms with Crippen LogP contribution in [-0.2, 0) is 9.59 Å². The van der Waals surface area contributed by atoms with E-state index >= 15 is 0 Å². The van der Waals surface area contributed by atoms with Crippen molar-refractivity contribution >= 4 is 11.9 Å². The molecule has 2 fully saturated rings. The fraction of sp³-hybridized carbons (Fsp3) is 0.857. The minimum atomic E-state index is -0.631. The highest BCUT2D eigenvalue weighted by Gasteiger charge is 2.22. The van der Waals surface area contributed by atoms with Crippen LogP contribution in [0.15, 0.2) is 5.11 Å². The van der Waals surface area contributed by atoms with Gasteiger partial charge in [0.1, 0.15) is 0 Å². The Kier molecular flexibility index (Phi) is 7.87. The molecule has 124 valence electrons. The first-order valence-electron chi connectivity index (χ1n) is 7.63. The second-order valence-corrected chi connectivity index (χ2v) is 6.02. The largest absolute Gasteiger partial charge is 0.481 e. The molecule has 2 rings (SSSR count). The van der Waals surface area contributed by atoms with E-state index in [2.05, 4.69) is 19.8 Å². The third-order valence-corrected chi connectivity index (χ3v) is 4.28. The van der Waals surface area contributed by atoms with Gasteiger partial charge in [0.25, 0.3) is 0 Å². The Bertz CT molecular complexity index is 420. The van der Waals surface area contributed by atoms with Crippen LogP contribution in [0, 0.1) is 11.8 Å². The van der Waals surface area contributed by atoms with Gasteiger partial charge in [0.05, 0.1) is 5.92 Å². The fourth-order valence-electron chi connectivity index (χ4n) is 2.64. The van der Waals surface area contributed by atoms with Gasteiger partial charge in [-0.1, -0.05) is 0 Å². The van der Waals surface area contributed by atoms with E-state index in [4.69, 9.17) is 10.6 Å². The summed E-state index contributed by atoms with van der Waals surface area (Å²) in [4.78, 5) is 28.3. The minimum Gasteiger partial charge on any atom is -0.481 e. The first-order valence-corrected chi connectivity index (χ1v) is 7.63. The molecule has 1 amide bonds. The number of aliphatic carboxylic acids is 1. The van der Waals surface area contributed by atoms with Crippen LogP contribution in [0.4, 0.5) is 0 Å². The van der Waals surface area contributed by atoms with Crippen LogP contribution in [-0.4, -0.2) is 67.1 Å². The van der Waals surface area contributed by atoms with E-state index < -0.39 is 5.97 Å². The smallest absolute Gasteiger partial charge is 0.306 e. The van der Waals surface area contributed by atoms with E-state index in [1.54, 1.807) is 0 Å². The molecular formula is C14H25N5O3. The summed E-state index contributed by atoms with van der Waals surface area (Å²) in [5.74, 6) is -1.06. The zero-order valence-corrected chi connectivity index (χ0v) is 13.3. The monoisotopic (exact) mass is 311 g/mol. The molecule has 0 atom stereocenters. The second-order valence-electron chi connectivity index (χ2n) is 6.02. The molecule has 2 saturated heterocycles. The molecule has 0 aromatic carbocycles. The molecule has 0 spiro atoms. The molecule has 0 bridgehead atoms. The molecule has 2 aliphatic rings. The van der Waals surface area contributed by atoms with Crippen molar-refractivity contribution in [3.8, 4) is 0 Å². The van der Waals surface area contributed by atoms with Crippen LogP contribution in [0.1, 0.15) is 25.7 Å². The van der Waals surface area contributed by atoms with Gasteiger partial charge in [-0.3, -0.25) is 9.59 Å². The lowest BCUT2D eigenvalue weighted by Gasteiger charge is -2.26. The Labute approximate surface area is 130 Å². The maximum absolute atomic E-state index is 11.1. The van der Waals surface area contributed by atoms with Crippen molar-refractivity contribution < 1.29 is 14.7 Å². The van der Waals surface area contributed by atoms with Crippen LogP contribution < -0.4 is 0 Å². The molecule has 2 heterocycles. The molecule has 0 unspecified atom stereocenters. The second kappa shape index (κ2) is 9.40. The molecule has 8 heteroatoms. The van der Waals surface area contributed by atoms with Crippen LogP contribution in [0.3, 0.4) is 0 Å². The van der Waals surface area contributed by atoms with Crippen molar-refractivity contribution in [1.82, 2.24) is 9.80 Å². The number of carbonyl (C=O) groups is 2. The molecule has 0 aromatic rings. The maximum atomic E-state index is 11.1. The summed E-state index contributed by atoms with van der Waals surface area (Å²) < 4.78 is 0. The van der Waals surface area contributed by atoms with Crippen molar-refractivity contribution in [2.75, 3.05) is 40.3 Å². The Balaban J connectivity index is 0.000000224. The molecule has 1 N–H and O–H groups in total. The van der Waals surface area contributed by atoms with Crippen molar-refractivity contribution in [2.45, 2.75) is 25.7 Å². The molecule has 0 radical (unpaired) electrons. The van der Waals surface area contributed by atoms with Gasteiger partial charge in [0.15, 0.2) is 0 Å². The highest BCUT2D eigenvalue weighted by atomic mass is 16.4. The number of rotatable bonds is 2. The van der Waals surface area contributed by atoms with Crippen molar-refractivity contribution in [2.24, 2.45) is 17.0 Å². The van der Waals surface area contributed by atoms with Gasteiger partial charge < -0.3 is 14.9 Å². The number of carboxylic acid groups (broad SMARTS) is 1. The van der Waals surface area contributed by atoms with Crippen molar-refractivity contribution in [3.63, 3.8) is 0 Å². The number of azide groups is 1. The summed E-state index contributed by atoms with van der Waals surface area (Å²) in [5, 5.41) is 11.7. The first kappa shape index (κ1) is 18.4. The van der Waals surface area contributed by atoms with E-state index in [1.165, 1.54) is 0 Å². The number of carboxylic acids is 1. The summed E-state index contributed by atoms with van der Waals surface area (Å²) in [5.41, 5.74) is 8.05. The van der Waals surface area contributed by atoms with E-state index in [0.717, 1.165) is 51.9 Å². The molecule has 2 aliphatic heterocycles. The van der Waals surface area contributed by atoms with Gasteiger partial charge >= 0.3 is 5.97 Å². The predicted octanol–water partition coefficient (Wildman–Crippen LogP) is 1.58. The molecular weight excluding hydrogens is 286 g/mol. The molecule has 0 aliphatic carbocycles. The lowest BCUT2D eigenvalue weighted by Crippen LogP contribution is -2.33. The third kappa shape index (κ3) is 6.43. The lowest BCUT2D eigenvalue weighted by molar-refractivity contribution is -0.143. The van der Waals surface area contributed by atoms with E-state index in [-0.39, 0.29) is 17.7 Å². The summed E-state index contributed by atoms with van der Waals surface area (Å²) in [7, 11) is 4.05. The summed E-state index contributed by atoms with van der Waals surface area (Å²) in [6.07, 6.45) is 3.25. The molecule has 22 heavy (non-hydrogen) atoms. The zero-order chi connectivity index (χ0) is 16.5. The van der Waals surface area contributed by atoms with Crippen molar-refractivity contribution in [3.05, 3.63) is 10.4 Å². The Morgan fingerprint density at radius 2 is 1.41 bits per heavy atom. The van der Waals surface area contributed by atoms with Gasteiger partial charge in [0, 0.05) is 10.8 Å². The normalized spacial score (nSPS) is 21.4. The summed E-state index contributed by atoms with van der Waals surface area (Å²) in [6, 6.07) is 0. The number of hydrogen-bond acceptors (Lipinski definition) is 4. The minimum absolute atomic E-state index is 0.0444. The van der Waals surface area contributed by atoms with Crippen LogP contribution >= 0.6 is 0 Å². The fourth-order valence-corrected chi connectivity index (χ4v) is 2.64. The van der Waals surface area contributed by atoms with Gasteiger partial charge in [0.2, 0.25) is 5.91 Å². The van der Waals surface area contributed by atoms with Crippen LogP contribution in [0.5, 0.6) is 0 Å². The molecule has 0 aromatic heterocycles. The maximum Gasteiger partial charge on any atom is 0.306 e. The number of amides is 1. The number of carbonyl (C=O) groups excluding carboxylic acids is 1. The summed E-state index contributed by atoms with van der Waals surface area (Å²) in [6.45, 7) is 3.68. The van der Waals surface area contributed by atoms with Crippen molar-refractivity contribution in [1.29, 1.82) is 0 Å².